The van der Waals surface area contributed by atoms with E-state index < -0.39 is 0 Å². The molecule has 1 aromatic carbocycles. The first-order chi connectivity index (χ1) is 9.56. The van der Waals surface area contributed by atoms with Crippen molar-refractivity contribution in [2.24, 2.45) is 5.92 Å². The summed E-state index contributed by atoms with van der Waals surface area (Å²) < 4.78 is 5.63. The molecule has 0 fully saturated rings. The molecule has 1 aromatic heterocycles. The van der Waals surface area contributed by atoms with Crippen LogP contribution in [0.5, 0.6) is 0 Å². The molecule has 0 saturated carbocycles. The van der Waals surface area contributed by atoms with Crippen molar-refractivity contribution in [2.75, 3.05) is 0 Å². The number of hydrogen-bond acceptors (Lipinski definition) is 2. The largest absolute Gasteiger partial charge is 0.467 e. The fourth-order valence-corrected chi connectivity index (χ4v) is 2.37. The third-order valence-corrected chi connectivity index (χ3v) is 3.30. The van der Waals surface area contributed by atoms with Crippen LogP contribution in [0.1, 0.15) is 39.0 Å². The molecular formula is C18H25NO. The van der Waals surface area contributed by atoms with Crippen molar-refractivity contribution in [2.45, 2.75) is 46.7 Å². The van der Waals surface area contributed by atoms with Gasteiger partial charge in [0.1, 0.15) is 5.76 Å². The van der Waals surface area contributed by atoms with Crippen LogP contribution < -0.4 is 5.32 Å². The molecule has 0 amide bonds. The number of hydrogen-bond donors (Lipinski definition) is 1. The predicted molar refractivity (Wildman–Crippen MR) is 84.7 cm³/mol. The fraction of sp³-hybridized carbons (Fsp3) is 0.444. The average molecular weight is 271 g/mol. The second-order valence-corrected chi connectivity index (χ2v) is 6.09. The van der Waals surface area contributed by atoms with Gasteiger partial charge in [0.2, 0.25) is 0 Å². The molecule has 1 N–H and O–H groups in total. The van der Waals surface area contributed by atoms with Crippen molar-refractivity contribution in [3.63, 3.8) is 0 Å². The van der Waals surface area contributed by atoms with Crippen LogP contribution in [0.25, 0.3) is 11.1 Å². The van der Waals surface area contributed by atoms with E-state index in [1.54, 1.807) is 6.26 Å². The van der Waals surface area contributed by atoms with Crippen LogP contribution in [0.15, 0.2) is 41.0 Å². The Morgan fingerprint density at radius 1 is 1.10 bits per heavy atom. The highest BCUT2D eigenvalue weighted by molar-refractivity contribution is 5.66. The van der Waals surface area contributed by atoms with E-state index >= 15 is 0 Å². The molecule has 20 heavy (non-hydrogen) atoms. The predicted octanol–water partition coefficient (Wildman–Crippen LogP) is 4.64. The molecule has 108 valence electrons. The minimum Gasteiger partial charge on any atom is -0.467 e. The van der Waals surface area contributed by atoms with Crippen molar-refractivity contribution in [3.05, 3.63) is 47.9 Å². The molecule has 0 aliphatic heterocycles. The summed E-state index contributed by atoms with van der Waals surface area (Å²) in [5.74, 6) is 1.69. The standard InChI is InChI=1S/C18H25NO/c1-13(2)10-15-6-5-7-16(11-15)17-8-9-20-18(17)12-19-14(3)4/h5-9,11,13-14,19H,10,12H2,1-4H3. The first-order valence-electron chi connectivity index (χ1n) is 7.45. The minimum absolute atomic E-state index is 0.459. The van der Waals surface area contributed by atoms with E-state index in [1.807, 2.05) is 0 Å². The van der Waals surface area contributed by atoms with E-state index in [-0.39, 0.29) is 0 Å². The van der Waals surface area contributed by atoms with Gasteiger partial charge in [0, 0.05) is 11.6 Å². The summed E-state index contributed by atoms with van der Waals surface area (Å²) in [5.41, 5.74) is 3.84. The second-order valence-electron chi connectivity index (χ2n) is 6.09. The van der Waals surface area contributed by atoms with Crippen LogP contribution in [0.2, 0.25) is 0 Å². The van der Waals surface area contributed by atoms with Crippen molar-refractivity contribution in [1.82, 2.24) is 5.32 Å². The number of furan rings is 1. The fourth-order valence-electron chi connectivity index (χ4n) is 2.37. The summed E-state index contributed by atoms with van der Waals surface area (Å²) in [4.78, 5) is 0. The molecule has 2 rings (SSSR count). The molecule has 0 aliphatic carbocycles. The minimum atomic E-state index is 0.459. The number of nitrogens with one attached hydrogen (secondary N) is 1. The van der Waals surface area contributed by atoms with Crippen molar-refractivity contribution in [3.8, 4) is 11.1 Å². The lowest BCUT2D eigenvalue weighted by Crippen LogP contribution is -2.21. The van der Waals surface area contributed by atoms with Crippen LogP contribution in [-0.4, -0.2) is 6.04 Å². The van der Waals surface area contributed by atoms with Gasteiger partial charge in [0.05, 0.1) is 12.8 Å². The van der Waals surface area contributed by atoms with Crippen LogP contribution in [0, 0.1) is 5.92 Å². The third-order valence-electron chi connectivity index (χ3n) is 3.30. The molecule has 0 atom stereocenters. The van der Waals surface area contributed by atoms with Gasteiger partial charge in [0.15, 0.2) is 0 Å². The molecule has 0 bridgehead atoms. The van der Waals surface area contributed by atoms with E-state index in [0.29, 0.717) is 12.0 Å². The van der Waals surface area contributed by atoms with Gasteiger partial charge in [-0.05, 0) is 29.5 Å². The highest BCUT2D eigenvalue weighted by atomic mass is 16.3. The van der Waals surface area contributed by atoms with Crippen molar-refractivity contribution >= 4 is 0 Å². The van der Waals surface area contributed by atoms with E-state index in [4.69, 9.17) is 4.42 Å². The quantitative estimate of drug-likeness (QED) is 0.827. The van der Waals surface area contributed by atoms with Crippen molar-refractivity contribution < 1.29 is 4.42 Å². The van der Waals surface area contributed by atoms with Gasteiger partial charge < -0.3 is 9.73 Å². The molecule has 0 saturated heterocycles. The summed E-state index contributed by atoms with van der Waals surface area (Å²) in [5, 5.41) is 3.41. The number of rotatable bonds is 6. The van der Waals surface area contributed by atoms with Gasteiger partial charge in [-0.25, -0.2) is 0 Å². The summed E-state index contributed by atoms with van der Waals surface area (Å²) in [7, 11) is 0. The number of benzene rings is 1. The first kappa shape index (κ1) is 14.9. The molecular weight excluding hydrogens is 246 g/mol. The maximum atomic E-state index is 5.63. The van der Waals surface area contributed by atoms with Crippen LogP contribution in [-0.2, 0) is 13.0 Å². The zero-order chi connectivity index (χ0) is 14.5. The van der Waals surface area contributed by atoms with Gasteiger partial charge in [0.25, 0.3) is 0 Å². The summed E-state index contributed by atoms with van der Waals surface area (Å²) >= 11 is 0. The zero-order valence-corrected chi connectivity index (χ0v) is 12.9. The van der Waals surface area contributed by atoms with Crippen molar-refractivity contribution in [1.29, 1.82) is 0 Å². The molecule has 2 heteroatoms. The monoisotopic (exact) mass is 271 g/mol. The molecule has 0 radical (unpaired) electrons. The highest BCUT2D eigenvalue weighted by Crippen LogP contribution is 2.26. The van der Waals surface area contributed by atoms with Gasteiger partial charge >= 0.3 is 0 Å². The van der Waals surface area contributed by atoms with Crippen LogP contribution in [0.3, 0.4) is 0 Å². The summed E-state index contributed by atoms with van der Waals surface area (Å²) in [6.45, 7) is 9.57. The maximum absolute atomic E-state index is 5.63. The Kier molecular flexibility index (Phi) is 5.02. The third kappa shape index (κ3) is 3.97. The topological polar surface area (TPSA) is 25.2 Å². The Balaban J connectivity index is 2.21. The van der Waals surface area contributed by atoms with E-state index in [1.165, 1.54) is 16.7 Å². The Morgan fingerprint density at radius 2 is 1.90 bits per heavy atom. The Hall–Kier alpha value is -1.54. The first-order valence-corrected chi connectivity index (χ1v) is 7.45. The Labute approximate surface area is 122 Å². The maximum Gasteiger partial charge on any atom is 0.125 e. The molecule has 0 unspecified atom stereocenters. The summed E-state index contributed by atoms with van der Waals surface area (Å²) in [6.07, 6.45) is 2.90. The van der Waals surface area contributed by atoms with Gasteiger partial charge in [-0.15, -0.1) is 0 Å². The Morgan fingerprint density at radius 3 is 2.60 bits per heavy atom. The van der Waals surface area contributed by atoms with Gasteiger partial charge in [-0.1, -0.05) is 52.0 Å². The van der Waals surface area contributed by atoms with E-state index in [2.05, 4.69) is 63.3 Å². The molecule has 0 spiro atoms. The average Bonchev–Trinajstić information content (AvgIpc) is 2.84. The molecule has 0 aliphatic rings. The summed E-state index contributed by atoms with van der Waals surface area (Å²) in [6, 6.07) is 11.3. The SMILES string of the molecule is CC(C)Cc1cccc(-c2ccoc2CNC(C)C)c1. The lowest BCUT2D eigenvalue weighted by molar-refractivity contribution is 0.466. The highest BCUT2D eigenvalue weighted by Gasteiger charge is 2.10. The molecule has 2 aromatic rings. The Bertz CT molecular complexity index is 540. The van der Waals surface area contributed by atoms with E-state index in [9.17, 15) is 0 Å². The van der Waals surface area contributed by atoms with Crippen LogP contribution >= 0.6 is 0 Å². The second kappa shape index (κ2) is 6.76. The normalized spacial score (nSPS) is 11.5. The van der Waals surface area contributed by atoms with Gasteiger partial charge in [-0.3, -0.25) is 0 Å². The van der Waals surface area contributed by atoms with Crippen LogP contribution in [0.4, 0.5) is 0 Å². The smallest absolute Gasteiger partial charge is 0.125 e. The lowest BCUT2D eigenvalue weighted by Gasteiger charge is -2.10. The van der Waals surface area contributed by atoms with Gasteiger partial charge in [-0.2, -0.15) is 0 Å². The lowest BCUT2D eigenvalue weighted by atomic mass is 9.98. The van der Waals surface area contributed by atoms with E-state index in [0.717, 1.165) is 18.7 Å². The molecule has 1 heterocycles. The molecule has 2 nitrogen and oxygen atoms in total. The zero-order valence-electron chi connectivity index (χ0n) is 12.9.